The monoisotopic (exact) mass is 686 g/mol. The van der Waals surface area contributed by atoms with Crippen molar-refractivity contribution in [3.05, 3.63) is 48.6 Å². The van der Waals surface area contributed by atoms with Crippen molar-refractivity contribution in [1.29, 1.82) is 0 Å². The number of rotatable bonds is 32. The first-order valence-electron chi connectivity index (χ1n) is 17.6. The smallest absolute Gasteiger partial charge is 0.462 e. The Bertz CT molecular complexity index is 931. The molecule has 2 unspecified atom stereocenters. The standard InChI is InChI=1S/C36H63O10P/c1-3-5-7-9-11-13-15-16-18-20-22-24-26-28-36(40)46-34(32-45-47(41,42)44-30-33(38)29-37)31-43-35(39)27-25-23-21-19-17-14-12-10-8-6-4-2/h10,12,14,16-18,22,24,33-34,37-38H,3-9,11,13,15,19-21,23,25-32H2,1-2H3,(H,41,42)/b12-10+,17-14+,18-16+,24-22+/t33-,34?/m0/s1. The minimum Gasteiger partial charge on any atom is -0.462 e. The number of aliphatic hydroxyl groups excluding tert-OH is 2. The van der Waals surface area contributed by atoms with E-state index in [1.807, 2.05) is 18.2 Å². The number of phosphoric acid groups is 1. The van der Waals surface area contributed by atoms with Gasteiger partial charge < -0.3 is 24.6 Å². The van der Waals surface area contributed by atoms with Crippen LogP contribution in [0.25, 0.3) is 0 Å². The fourth-order valence-corrected chi connectivity index (χ4v) is 4.99. The molecular formula is C36H63O10P. The molecule has 272 valence electrons. The molecule has 3 atom stereocenters. The molecule has 0 radical (unpaired) electrons. The maximum absolute atomic E-state index is 12.5. The molecule has 0 aliphatic heterocycles. The summed E-state index contributed by atoms with van der Waals surface area (Å²) in [5.74, 6) is -1.04. The largest absolute Gasteiger partial charge is 0.472 e. The van der Waals surface area contributed by atoms with Crippen LogP contribution in [0.5, 0.6) is 0 Å². The van der Waals surface area contributed by atoms with E-state index in [2.05, 4.69) is 48.8 Å². The number of ether oxygens (including phenoxy) is 2. The van der Waals surface area contributed by atoms with Crippen LogP contribution in [0.4, 0.5) is 0 Å². The molecule has 0 aliphatic rings. The number of hydrogen-bond donors (Lipinski definition) is 3. The van der Waals surface area contributed by atoms with Gasteiger partial charge in [-0.1, -0.05) is 114 Å². The van der Waals surface area contributed by atoms with Gasteiger partial charge in [-0.3, -0.25) is 18.6 Å². The van der Waals surface area contributed by atoms with Crippen molar-refractivity contribution in [1.82, 2.24) is 0 Å². The van der Waals surface area contributed by atoms with Gasteiger partial charge in [0.15, 0.2) is 6.10 Å². The molecule has 0 saturated heterocycles. The number of phosphoric ester groups is 1. The Kier molecular flexibility index (Phi) is 31.0. The molecule has 0 bridgehead atoms. The van der Waals surface area contributed by atoms with Gasteiger partial charge >= 0.3 is 19.8 Å². The molecule has 0 saturated carbocycles. The molecule has 10 nitrogen and oxygen atoms in total. The first kappa shape index (κ1) is 44.9. The molecule has 0 aromatic rings. The quantitative estimate of drug-likeness (QED) is 0.0208. The molecule has 0 amide bonds. The second-order valence-electron chi connectivity index (χ2n) is 11.6. The third-order valence-electron chi connectivity index (χ3n) is 7.00. The van der Waals surface area contributed by atoms with E-state index >= 15 is 0 Å². The summed E-state index contributed by atoms with van der Waals surface area (Å²) in [7, 11) is -4.63. The average Bonchev–Trinajstić information content (AvgIpc) is 3.05. The zero-order valence-electron chi connectivity index (χ0n) is 29.0. The van der Waals surface area contributed by atoms with E-state index in [-0.39, 0.29) is 19.4 Å². The van der Waals surface area contributed by atoms with E-state index in [0.29, 0.717) is 12.8 Å². The third kappa shape index (κ3) is 32.3. The lowest BCUT2D eigenvalue weighted by Gasteiger charge is -2.20. The maximum atomic E-state index is 12.5. The number of unbranched alkanes of at least 4 members (excludes halogenated alkanes) is 11. The SMILES string of the molecule is CCCC/C=C/C=C/CCCCCC(=O)OCC(COP(=O)(O)OC[C@@H](O)CO)OC(=O)CC/C=C/C/C=C/CCCCCCCC. The number of carbonyl (C=O) groups is 2. The van der Waals surface area contributed by atoms with Gasteiger partial charge in [0.05, 0.1) is 19.8 Å². The zero-order valence-corrected chi connectivity index (χ0v) is 29.9. The summed E-state index contributed by atoms with van der Waals surface area (Å²) in [5.41, 5.74) is 0. The predicted molar refractivity (Wildman–Crippen MR) is 187 cm³/mol. The number of allylic oxidation sites excluding steroid dienone is 8. The van der Waals surface area contributed by atoms with Gasteiger partial charge in [0.2, 0.25) is 0 Å². The maximum Gasteiger partial charge on any atom is 0.472 e. The molecule has 0 aromatic carbocycles. The van der Waals surface area contributed by atoms with Crippen LogP contribution < -0.4 is 0 Å². The van der Waals surface area contributed by atoms with Gasteiger partial charge in [-0.15, -0.1) is 0 Å². The van der Waals surface area contributed by atoms with Gasteiger partial charge in [0.25, 0.3) is 0 Å². The Labute approximate surface area is 283 Å². The summed E-state index contributed by atoms with van der Waals surface area (Å²) >= 11 is 0. The van der Waals surface area contributed by atoms with E-state index in [0.717, 1.165) is 38.5 Å². The first-order valence-corrected chi connectivity index (χ1v) is 19.1. The van der Waals surface area contributed by atoms with Crippen molar-refractivity contribution in [2.24, 2.45) is 0 Å². The van der Waals surface area contributed by atoms with E-state index < -0.39 is 51.8 Å². The normalized spacial score (nSPS) is 14.7. The lowest BCUT2D eigenvalue weighted by molar-refractivity contribution is -0.161. The molecule has 11 heteroatoms. The van der Waals surface area contributed by atoms with Crippen molar-refractivity contribution in [3.63, 3.8) is 0 Å². The summed E-state index contributed by atoms with van der Waals surface area (Å²) in [5, 5.41) is 18.2. The summed E-state index contributed by atoms with van der Waals surface area (Å²) in [4.78, 5) is 34.6. The Morgan fingerprint density at radius 3 is 1.91 bits per heavy atom. The molecule has 0 spiro atoms. The van der Waals surface area contributed by atoms with Crippen LogP contribution in [-0.4, -0.2) is 65.7 Å². The number of hydrogen-bond acceptors (Lipinski definition) is 9. The van der Waals surface area contributed by atoms with Crippen molar-refractivity contribution in [2.75, 3.05) is 26.4 Å². The van der Waals surface area contributed by atoms with Crippen LogP contribution >= 0.6 is 7.82 Å². The summed E-state index contributed by atoms with van der Waals surface area (Å²) in [6.07, 6.45) is 31.1. The predicted octanol–water partition coefficient (Wildman–Crippen LogP) is 8.21. The summed E-state index contributed by atoms with van der Waals surface area (Å²) < 4.78 is 32.4. The lowest BCUT2D eigenvalue weighted by atomic mass is 10.1. The second kappa shape index (κ2) is 32.5. The highest BCUT2D eigenvalue weighted by Gasteiger charge is 2.27. The minimum absolute atomic E-state index is 0.0708. The van der Waals surface area contributed by atoms with Crippen LogP contribution in [0.15, 0.2) is 48.6 Å². The number of esters is 2. The van der Waals surface area contributed by atoms with Crippen LogP contribution in [0.1, 0.15) is 129 Å². The zero-order chi connectivity index (χ0) is 34.9. The molecule has 47 heavy (non-hydrogen) atoms. The van der Waals surface area contributed by atoms with Crippen molar-refractivity contribution in [3.8, 4) is 0 Å². The van der Waals surface area contributed by atoms with Crippen molar-refractivity contribution in [2.45, 2.75) is 142 Å². The van der Waals surface area contributed by atoms with Crippen LogP contribution in [0.2, 0.25) is 0 Å². The Balaban J connectivity index is 4.56. The Morgan fingerprint density at radius 1 is 0.660 bits per heavy atom. The third-order valence-corrected chi connectivity index (χ3v) is 7.95. The summed E-state index contributed by atoms with van der Waals surface area (Å²) in [6.45, 7) is 2.18. The average molecular weight is 687 g/mol. The fraction of sp³-hybridized carbons (Fsp3) is 0.722. The number of aliphatic hydroxyl groups is 2. The van der Waals surface area contributed by atoms with E-state index in [4.69, 9.17) is 19.1 Å². The minimum atomic E-state index is -4.63. The molecule has 0 fully saturated rings. The van der Waals surface area contributed by atoms with Gasteiger partial charge in [-0.2, -0.15) is 0 Å². The fourth-order valence-electron chi connectivity index (χ4n) is 4.20. The highest BCUT2D eigenvalue weighted by molar-refractivity contribution is 7.47. The van der Waals surface area contributed by atoms with Gasteiger partial charge in [0.1, 0.15) is 12.7 Å². The van der Waals surface area contributed by atoms with E-state index in [1.54, 1.807) is 0 Å². The van der Waals surface area contributed by atoms with Crippen LogP contribution in [-0.2, 0) is 32.7 Å². The molecule has 0 heterocycles. The second-order valence-corrected chi connectivity index (χ2v) is 13.0. The van der Waals surface area contributed by atoms with Crippen LogP contribution in [0, 0.1) is 0 Å². The van der Waals surface area contributed by atoms with Crippen molar-refractivity contribution < 1.29 is 47.8 Å². The molecule has 3 N–H and O–H groups in total. The Hall–Kier alpha value is -2.07. The van der Waals surface area contributed by atoms with Gasteiger partial charge in [0, 0.05) is 12.8 Å². The molecule has 0 aromatic heterocycles. The highest BCUT2D eigenvalue weighted by Crippen LogP contribution is 2.43. The van der Waals surface area contributed by atoms with Gasteiger partial charge in [-0.25, -0.2) is 4.57 Å². The van der Waals surface area contributed by atoms with E-state index in [9.17, 15) is 24.2 Å². The molecular weight excluding hydrogens is 623 g/mol. The highest BCUT2D eigenvalue weighted by atomic mass is 31.2. The topological polar surface area (TPSA) is 149 Å². The Morgan fingerprint density at radius 2 is 1.23 bits per heavy atom. The first-order chi connectivity index (χ1) is 22.7. The lowest BCUT2D eigenvalue weighted by Crippen LogP contribution is -2.29. The van der Waals surface area contributed by atoms with Crippen LogP contribution in [0.3, 0.4) is 0 Å². The number of carbonyl (C=O) groups excluding carboxylic acids is 2. The van der Waals surface area contributed by atoms with Crippen molar-refractivity contribution >= 4 is 19.8 Å². The molecule has 0 rings (SSSR count). The molecule has 0 aliphatic carbocycles. The van der Waals surface area contributed by atoms with Gasteiger partial charge in [-0.05, 0) is 51.4 Å². The summed E-state index contributed by atoms with van der Waals surface area (Å²) in [6, 6.07) is 0. The van der Waals surface area contributed by atoms with E-state index in [1.165, 1.54) is 51.4 Å².